The van der Waals surface area contributed by atoms with Crippen molar-refractivity contribution in [2.45, 2.75) is 79.9 Å². The van der Waals surface area contributed by atoms with Gasteiger partial charge in [-0.15, -0.1) is 0 Å². The van der Waals surface area contributed by atoms with Gasteiger partial charge in [-0.1, -0.05) is 54.6 Å². The van der Waals surface area contributed by atoms with Crippen molar-refractivity contribution in [1.29, 1.82) is 0 Å². The molecule has 8 aliphatic rings. The first-order valence-electron chi connectivity index (χ1n) is 23.2. The van der Waals surface area contributed by atoms with E-state index in [1.807, 2.05) is 30.4 Å². The molecule has 394 valence electrons. The minimum Gasteiger partial charge on any atom is -0.747 e. The van der Waals surface area contributed by atoms with Crippen LogP contribution in [0, 0.1) is 18.8 Å². The van der Waals surface area contributed by atoms with Crippen LogP contribution in [0.4, 0.5) is 5.69 Å². The second-order valence-corrected chi connectivity index (χ2v) is 21.9. The van der Waals surface area contributed by atoms with Crippen LogP contribution in [0.2, 0.25) is 0 Å². The van der Waals surface area contributed by atoms with Crippen LogP contribution >= 0.6 is 7.82 Å². The molecule has 9 N–H and O–H groups in total. The molecule has 5 heterocycles. The molecule has 12 rings (SSSR count). The summed E-state index contributed by atoms with van der Waals surface area (Å²) in [5.41, 5.74) is 6.28. The summed E-state index contributed by atoms with van der Waals surface area (Å²) in [6.45, 7) is 3.81. The van der Waals surface area contributed by atoms with Crippen molar-refractivity contribution in [3.63, 3.8) is 0 Å². The van der Waals surface area contributed by atoms with Crippen LogP contribution in [0.3, 0.4) is 0 Å². The number of aromatic nitrogens is 2. The normalized spacial score (nSPS) is 28.9. The fourth-order valence-corrected chi connectivity index (χ4v) is 13.7. The van der Waals surface area contributed by atoms with E-state index in [9.17, 15) is 28.0 Å². The zero-order valence-corrected chi connectivity index (χ0v) is 45.8. The molecule has 2 spiro atoms. The minimum atomic E-state index is -4.64. The molecule has 4 bridgehead atoms. The van der Waals surface area contributed by atoms with Crippen LogP contribution < -0.4 is 59.0 Å². The molecule has 1 aromatic heterocycles. The van der Waals surface area contributed by atoms with Crippen LogP contribution in [0.5, 0.6) is 23.0 Å². The molecule has 4 aliphatic carbocycles. The van der Waals surface area contributed by atoms with Crippen molar-refractivity contribution in [3.8, 4) is 28.7 Å². The molecule has 0 amide bonds. The third-order valence-corrected chi connectivity index (χ3v) is 16.7. The maximum atomic E-state index is 12.5. The smallest absolute Gasteiger partial charge is 0.747 e. The van der Waals surface area contributed by atoms with Crippen molar-refractivity contribution >= 4 is 23.6 Å². The Morgan fingerprint density at radius 1 is 0.767 bits per heavy atom. The van der Waals surface area contributed by atoms with Gasteiger partial charge in [0.25, 0.3) is 5.56 Å². The molecule has 21 nitrogen and oxygen atoms in total. The number of likely N-dealkylation sites (N-methyl/N-ethyl adjacent to an activating group) is 2. The molecule has 0 radical (unpaired) electrons. The van der Waals surface area contributed by atoms with Crippen LogP contribution in [-0.4, -0.2) is 159 Å². The Labute approximate surface area is 446 Å². The fourth-order valence-electron chi connectivity index (χ4n) is 13.1. The van der Waals surface area contributed by atoms with Gasteiger partial charge in [0, 0.05) is 60.0 Å². The molecule has 2 fully saturated rings. The van der Waals surface area contributed by atoms with E-state index in [0.717, 1.165) is 61.8 Å². The summed E-state index contributed by atoms with van der Waals surface area (Å²) in [7, 11) is 1.83. The number of hydrogen-bond acceptors (Lipinski definition) is 14. The van der Waals surface area contributed by atoms with Gasteiger partial charge >= 0.3 is 37.4 Å². The van der Waals surface area contributed by atoms with Crippen molar-refractivity contribution < 1.29 is 102 Å². The molecular formula is C49H65N5NaO16PS. The Balaban J connectivity index is 0.000000167. The predicted molar refractivity (Wildman–Crippen MR) is 265 cm³/mol. The number of anilines is 1. The molecule has 0 saturated carbocycles. The first-order chi connectivity index (χ1) is 33.0. The van der Waals surface area contributed by atoms with E-state index in [4.69, 9.17) is 38.2 Å². The van der Waals surface area contributed by atoms with Gasteiger partial charge < -0.3 is 74.0 Å². The number of para-hydroxylation sites is 1. The second-order valence-electron chi connectivity index (χ2n) is 19.5. The van der Waals surface area contributed by atoms with E-state index in [2.05, 4.69) is 48.2 Å². The molecule has 4 aromatic rings. The third-order valence-electron chi connectivity index (χ3n) is 16.0. The number of aliphatic hydroxyl groups is 2. The molecule has 0 unspecified atom stereocenters. The largest absolute Gasteiger partial charge is 1.00 e. The van der Waals surface area contributed by atoms with E-state index >= 15 is 0 Å². The standard InChI is InChI=1S/2C18H21NO3.C13H17N3O4S.Na.H3O4P.2H2O/c2*1-19-8-7-18-11-4-5-13(20)17(18)22-16-14(21-2)6-3-10(15(16)18)9-12(11)19;1-10-12(14(2)9-21(18,19)20)13(17)16(15(10)3)11-7-5-4-6-8-11;;1-5(2,3)4;;/h2*3-6,11-13,17,20H,7-9H2,1-2H3;4-8H,9H2,1-3H3,(H,18,19,20);;(H3,1,2,3,4);2*1H2/q;;;+1;;;/p-1/t2*11-,12+,13-,17-,18-;;;;;/m00...../s1. The summed E-state index contributed by atoms with van der Waals surface area (Å²) in [5, 5.41) is 21.1. The number of piperidine rings is 2. The zero-order chi connectivity index (χ0) is 50.4. The minimum absolute atomic E-state index is 0. The van der Waals surface area contributed by atoms with E-state index in [0.29, 0.717) is 35.3 Å². The van der Waals surface area contributed by atoms with Crippen LogP contribution in [0.25, 0.3) is 5.69 Å². The summed E-state index contributed by atoms with van der Waals surface area (Å²) < 4.78 is 68.3. The van der Waals surface area contributed by atoms with Gasteiger partial charge in [0.05, 0.1) is 25.6 Å². The molecule has 3 aromatic carbocycles. The van der Waals surface area contributed by atoms with Gasteiger partial charge in [-0.05, 0) is 95.2 Å². The summed E-state index contributed by atoms with van der Waals surface area (Å²) in [5.74, 6) is 3.43. The fraction of sp³-hybridized carbons (Fsp3) is 0.490. The van der Waals surface area contributed by atoms with Crippen molar-refractivity contribution in [1.82, 2.24) is 19.2 Å². The molecule has 10 atom stereocenters. The Morgan fingerprint density at radius 2 is 1.19 bits per heavy atom. The Kier molecular flexibility index (Phi) is 17.2. The van der Waals surface area contributed by atoms with E-state index < -0.39 is 36.0 Å². The number of aliphatic hydroxyl groups excluding tert-OH is 2. The van der Waals surface area contributed by atoms with Crippen LogP contribution in [-0.2, 0) is 45.4 Å². The van der Waals surface area contributed by atoms with E-state index in [-0.39, 0.29) is 74.8 Å². The van der Waals surface area contributed by atoms with Gasteiger partial charge in [-0.25, -0.2) is 17.7 Å². The topological polar surface area (TPSA) is 312 Å². The first kappa shape index (κ1) is 58.2. The second kappa shape index (κ2) is 21.5. The SMILES string of the molecule is COc1ccc2c3c1O[C@H]1[C@@H](O)C=C[C@H]4[C@@H](C2)N(C)CC[C@@]341.COc1ccc2c3c1O[C@H]1[C@@H](O)C=C[C@H]4[C@@H](C2)N(C)CC[C@@]341.Cc1c(N(C)CS(=O)(=O)[O-])c(=O)n(-c2ccccc2)n1C.O.O.O=P(O)(O)O.[Na+]. The summed E-state index contributed by atoms with van der Waals surface area (Å²) in [6.07, 6.45) is 11.1. The Bertz CT molecular complexity index is 2840. The molecule has 2 saturated heterocycles. The number of rotatable bonds is 6. The summed E-state index contributed by atoms with van der Waals surface area (Å²) in [4.78, 5) is 40.2. The molecule has 4 aliphatic heterocycles. The average molecular weight is 1070 g/mol. The first-order valence-corrected chi connectivity index (χ1v) is 26.3. The van der Waals surface area contributed by atoms with Crippen molar-refractivity contribution in [2.75, 3.05) is 59.2 Å². The van der Waals surface area contributed by atoms with Crippen LogP contribution in [0.15, 0.2) is 83.7 Å². The van der Waals surface area contributed by atoms with Gasteiger partial charge in [-0.2, -0.15) is 0 Å². The number of ether oxygens (including phenoxy) is 4. The zero-order valence-electron chi connectivity index (χ0n) is 42.1. The van der Waals surface area contributed by atoms with Crippen molar-refractivity contribution in [3.05, 3.63) is 117 Å². The number of phosphoric acid groups is 1. The van der Waals surface area contributed by atoms with Gasteiger partial charge in [0.1, 0.15) is 46.1 Å². The van der Waals surface area contributed by atoms with Gasteiger partial charge in [0.2, 0.25) is 0 Å². The number of benzene rings is 3. The predicted octanol–water partition coefficient (Wildman–Crippen LogP) is -2.15. The Hall–Kier alpha value is -4.07. The maximum Gasteiger partial charge on any atom is 1.00 e. The quantitative estimate of drug-likeness (QED) is 0.0595. The van der Waals surface area contributed by atoms with E-state index in [1.165, 1.54) is 38.9 Å². The number of methoxy groups -OCH3 is 2. The number of nitrogens with zero attached hydrogens (tertiary/aromatic N) is 5. The number of likely N-dealkylation sites (tertiary alicyclic amines) is 2. The van der Waals surface area contributed by atoms with Gasteiger partial charge in [0.15, 0.2) is 23.0 Å². The van der Waals surface area contributed by atoms with Crippen LogP contribution in [0.1, 0.15) is 40.8 Å². The average Bonchev–Trinajstić information content (AvgIpc) is 3.92. The summed E-state index contributed by atoms with van der Waals surface area (Å²) >= 11 is 0. The third kappa shape index (κ3) is 9.87. The summed E-state index contributed by atoms with van der Waals surface area (Å²) in [6, 6.07) is 18.4. The maximum absolute atomic E-state index is 12.5. The molecular weight excluding hydrogens is 1000 g/mol. The molecule has 73 heavy (non-hydrogen) atoms. The monoisotopic (exact) mass is 1070 g/mol. The Morgan fingerprint density at radius 3 is 1.59 bits per heavy atom. The van der Waals surface area contributed by atoms with Crippen molar-refractivity contribution in [2.24, 2.45) is 18.9 Å². The van der Waals surface area contributed by atoms with E-state index in [1.54, 1.807) is 57.1 Å². The van der Waals surface area contributed by atoms with Gasteiger partial charge in [-0.3, -0.25) is 9.48 Å². The number of hydrogen-bond donors (Lipinski definition) is 5. The molecule has 24 heteroatoms.